The Bertz CT molecular complexity index is 1160. The molecule has 2 atom stereocenters. The molecule has 1 aromatic heterocycles. The van der Waals surface area contributed by atoms with Gasteiger partial charge in [-0.2, -0.15) is 13.2 Å². The summed E-state index contributed by atoms with van der Waals surface area (Å²) in [7, 11) is 0. The zero-order valence-corrected chi connectivity index (χ0v) is 17.0. The molecule has 1 aromatic carbocycles. The topological polar surface area (TPSA) is 96.4 Å². The number of ketones is 1. The standard InChI is InChI=1S/C22H17F4N3O4/c23-15-2-1-7-27-19(15)14(22(24,25)26)9-17(30)11-3-4-13-12(8-11)10-29(21(13)33)16-5-6-18(31)28-20(16)32/h1-4,7-8,14,16H,5-6,9-10H2,(H,28,31,32)/t14-,16?/m1/s1. The van der Waals surface area contributed by atoms with E-state index in [1.165, 1.54) is 23.1 Å². The van der Waals surface area contributed by atoms with Crippen LogP contribution in [-0.2, 0) is 16.1 Å². The molecule has 11 heteroatoms. The first-order valence-electron chi connectivity index (χ1n) is 10.0. The lowest BCUT2D eigenvalue weighted by atomic mass is 9.93. The maximum atomic E-state index is 14.0. The predicted molar refractivity (Wildman–Crippen MR) is 104 cm³/mol. The van der Waals surface area contributed by atoms with Gasteiger partial charge >= 0.3 is 6.18 Å². The van der Waals surface area contributed by atoms with E-state index in [0.717, 1.165) is 18.3 Å². The normalized spacial score (nSPS) is 19.3. The predicted octanol–water partition coefficient (Wildman–Crippen LogP) is 2.90. The molecule has 2 aliphatic rings. The molecule has 0 saturated carbocycles. The number of hydrogen-bond donors (Lipinski definition) is 1. The summed E-state index contributed by atoms with van der Waals surface area (Å²) in [5.41, 5.74) is -0.335. The Kier molecular flexibility index (Phi) is 5.73. The zero-order valence-electron chi connectivity index (χ0n) is 17.0. The number of pyridine rings is 1. The van der Waals surface area contributed by atoms with Crippen molar-refractivity contribution >= 4 is 23.5 Å². The van der Waals surface area contributed by atoms with Crippen molar-refractivity contribution in [2.24, 2.45) is 0 Å². The molecule has 7 nitrogen and oxygen atoms in total. The molecular formula is C22H17F4N3O4. The summed E-state index contributed by atoms with van der Waals surface area (Å²) in [4.78, 5) is 53.6. The van der Waals surface area contributed by atoms with Crippen LogP contribution in [0.4, 0.5) is 17.6 Å². The number of Topliss-reactive ketones (excluding diaryl/α,β-unsaturated/α-hetero) is 1. The highest BCUT2D eigenvalue weighted by Gasteiger charge is 2.45. The van der Waals surface area contributed by atoms with Crippen molar-refractivity contribution in [2.75, 3.05) is 0 Å². The second-order valence-electron chi connectivity index (χ2n) is 7.86. The average Bonchev–Trinajstić information content (AvgIpc) is 3.07. The number of alkyl halides is 3. The molecule has 1 fully saturated rings. The number of carbonyl (C=O) groups excluding carboxylic acids is 4. The van der Waals surface area contributed by atoms with Crippen molar-refractivity contribution in [2.45, 2.75) is 43.9 Å². The third kappa shape index (κ3) is 4.35. The van der Waals surface area contributed by atoms with Crippen LogP contribution >= 0.6 is 0 Å². The molecule has 1 saturated heterocycles. The van der Waals surface area contributed by atoms with Crippen LogP contribution in [0.3, 0.4) is 0 Å². The van der Waals surface area contributed by atoms with Gasteiger partial charge in [-0.3, -0.25) is 29.5 Å². The minimum Gasteiger partial charge on any atom is -0.322 e. The van der Waals surface area contributed by atoms with E-state index in [9.17, 15) is 36.7 Å². The van der Waals surface area contributed by atoms with Gasteiger partial charge in [0.1, 0.15) is 17.8 Å². The number of fused-ring (bicyclic) bond motifs is 1. The van der Waals surface area contributed by atoms with Crippen molar-refractivity contribution in [3.63, 3.8) is 0 Å². The summed E-state index contributed by atoms with van der Waals surface area (Å²) in [5, 5.41) is 2.17. The van der Waals surface area contributed by atoms with Gasteiger partial charge in [-0.05, 0) is 36.2 Å². The quantitative estimate of drug-likeness (QED) is 0.418. The molecule has 2 aliphatic heterocycles. The Morgan fingerprint density at radius 2 is 1.97 bits per heavy atom. The number of benzene rings is 1. The Hall–Kier alpha value is -3.63. The minimum atomic E-state index is -4.90. The van der Waals surface area contributed by atoms with Gasteiger partial charge in [0.2, 0.25) is 11.8 Å². The summed E-state index contributed by atoms with van der Waals surface area (Å²) < 4.78 is 54.7. The highest BCUT2D eigenvalue weighted by Crippen LogP contribution is 2.38. The SMILES string of the molecule is O=C1CCC(N2Cc3cc(C(=O)C[C@H](c4ncccc4F)C(F)(F)F)ccc3C2=O)C(=O)N1. The van der Waals surface area contributed by atoms with Crippen LogP contribution in [0.15, 0.2) is 36.5 Å². The lowest BCUT2D eigenvalue weighted by molar-refractivity contribution is -0.151. The summed E-state index contributed by atoms with van der Waals surface area (Å²) >= 11 is 0. The Morgan fingerprint density at radius 3 is 2.64 bits per heavy atom. The number of halogens is 4. The van der Waals surface area contributed by atoms with Crippen LogP contribution in [0.5, 0.6) is 0 Å². The number of piperidine rings is 1. The number of hydrogen-bond acceptors (Lipinski definition) is 5. The first-order valence-corrected chi connectivity index (χ1v) is 10.0. The summed E-state index contributed by atoms with van der Waals surface area (Å²) in [6.45, 7) is -0.0286. The monoisotopic (exact) mass is 463 g/mol. The van der Waals surface area contributed by atoms with Crippen LogP contribution < -0.4 is 5.32 Å². The number of aromatic nitrogens is 1. The first-order chi connectivity index (χ1) is 15.6. The molecule has 0 aliphatic carbocycles. The number of amides is 3. The molecule has 1 unspecified atom stereocenters. The van der Waals surface area contributed by atoms with E-state index < -0.39 is 59.6 Å². The second-order valence-corrected chi connectivity index (χ2v) is 7.86. The van der Waals surface area contributed by atoms with Crippen LogP contribution in [0.2, 0.25) is 0 Å². The minimum absolute atomic E-state index is 0.0286. The van der Waals surface area contributed by atoms with E-state index in [0.29, 0.717) is 5.56 Å². The number of rotatable bonds is 5. The molecule has 2 aromatic rings. The zero-order chi connectivity index (χ0) is 23.9. The smallest absolute Gasteiger partial charge is 0.322 e. The highest BCUT2D eigenvalue weighted by atomic mass is 19.4. The van der Waals surface area contributed by atoms with E-state index in [-0.39, 0.29) is 30.5 Å². The summed E-state index contributed by atoms with van der Waals surface area (Å²) in [6.07, 6.45) is -4.71. The summed E-state index contributed by atoms with van der Waals surface area (Å²) in [6, 6.07) is 5.00. The third-order valence-corrected chi connectivity index (χ3v) is 5.75. The maximum absolute atomic E-state index is 14.0. The fraction of sp³-hybridized carbons (Fsp3) is 0.318. The lowest BCUT2D eigenvalue weighted by Crippen LogP contribution is -2.52. The number of imide groups is 1. The Balaban J connectivity index is 1.56. The van der Waals surface area contributed by atoms with Crippen molar-refractivity contribution in [3.8, 4) is 0 Å². The Morgan fingerprint density at radius 1 is 1.21 bits per heavy atom. The van der Waals surface area contributed by atoms with Gasteiger partial charge in [-0.15, -0.1) is 0 Å². The van der Waals surface area contributed by atoms with E-state index in [4.69, 9.17) is 0 Å². The van der Waals surface area contributed by atoms with E-state index in [1.54, 1.807) is 0 Å². The van der Waals surface area contributed by atoms with Gasteiger partial charge in [0.25, 0.3) is 5.91 Å². The number of nitrogens with zero attached hydrogens (tertiary/aromatic N) is 2. The van der Waals surface area contributed by atoms with Crippen LogP contribution in [-0.4, -0.2) is 45.6 Å². The van der Waals surface area contributed by atoms with E-state index >= 15 is 0 Å². The Labute approximate surface area is 184 Å². The van der Waals surface area contributed by atoms with Crippen LogP contribution in [0.25, 0.3) is 0 Å². The molecule has 0 bridgehead atoms. The van der Waals surface area contributed by atoms with E-state index in [1.807, 2.05) is 0 Å². The molecule has 0 spiro atoms. The average molecular weight is 463 g/mol. The largest absolute Gasteiger partial charge is 0.397 e. The molecule has 33 heavy (non-hydrogen) atoms. The van der Waals surface area contributed by atoms with Gasteiger partial charge < -0.3 is 4.90 Å². The van der Waals surface area contributed by atoms with Crippen molar-refractivity contribution in [1.82, 2.24) is 15.2 Å². The molecule has 1 N–H and O–H groups in total. The van der Waals surface area contributed by atoms with Crippen LogP contribution in [0.1, 0.15) is 57.2 Å². The molecule has 4 rings (SSSR count). The fourth-order valence-corrected chi connectivity index (χ4v) is 4.07. The second kappa shape index (κ2) is 8.38. The molecule has 3 heterocycles. The number of nitrogens with one attached hydrogen (secondary N) is 1. The lowest BCUT2D eigenvalue weighted by Gasteiger charge is -2.29. The van der Waals surface area contributed by atoms with Gasteiger partial charge in [-0.25, -0.2) is 4.39 Å². The van der Waals surface area contributed by atoms with Gasteiger partial charge in [-0.1, -0.05) is 6.07 Å². The first kappa shape index (κ1) is 22.6. The van der Waals surface area contributed by atoms with Gasteiger partial charge in [0, 0.05) is 36.7 Å². The molecular weight excluding hydrogens is 446 g/mol. The molecule has 172 valence electrons. The molecule has 3 amide bonds. The number of carbonyl (C=O) groups is 4. The van der Waals surface area contributed by atoms with E-state index in [2.05, 4.69) is 10.3 Å². The van der Waals surface area contributed by atoms with Crippen molar-refractivity contribution in [3.05, 3.63) is 64.7 Å². The van der Waals surface area contributed by atoms with Crippen molar-refractivity contribution < 1.29 is 36.7 Å². The van der Waals surface area contributed by atoms with Gasteiger partial charge in [0.15, 0.2) is 5.78 Å². The fourth-order valence-electron chi connectivity index (χ4n) is 4.07. The molecule has 0 radical (unpaired) electrons. The van der Waals surface area contributed by atoms with Gasteiger partial charge in [0.05, 0.1) is 5.69 Å². The summed E-state index contributed by atoms with van der Waals surface area (Å²) in [5.74, 6) is -5.99. The highest BCUT2D eigenvalue weighted by molar-refractivity contribution is 6.06. The van der Waals surface area contributed by atoms with Crippen LogP contribution in [0, 0.1) is 5.82 Å². The maximum Gasteiger partial charge on any atom is 0.397 e. The van der Waals surface area contributed by atoms with Crippen molar-refractivity contribution in [1.29, 1.82) is 0 Å². The third-order valence-electron chi connectivity index (χ3n) is 5.75.